The van der Waals surface area contributed by atoms with Gasteiger partial charge in [0.2, 0.25) is 0 Å². The molecule has 5 heteroatoms. The Morgan fingerprint density at radius 1 is 1.78 bits per heavy atom. The molecule has 0 atom stereocenters. The number of nitrogens with zero attached hydrogens (tertiary/aromatic N) is 2. The first-order chi connectivity index (χ1) is 4.22. The van der Waals surface area contributed by atoms with E-state index in [1.165, 1.54) is 4.90 Å². The molecule has 0 rings (SSSR count). The van der Waals surface area contributed by atoms with Gasteiger partial charge in [-0.3, -0.25) is 0 Å². The van der Waals surface area contributed by atoms with Crippen LogP contribution < -0.4 is 5.43 Å². The van der Waals surface area contributed by atoms with Gasteiger partial charge in [-0.1, -0.05) is 0 Å². The lowest BCUT2D eigenvalue weighted by Gasteiger charge is -2.10. The number of nitrogens with one attached hydrogen (secondary N) is 1. The van der Waals surface area contributed by atoms with Crippen LogP contribution in [0.3, 0.4) is 0 Å². The third kappa shape index (κ3) is 2.63. The van der Waals surface area contributed by atoms with E-state index in [0.29, 0.717) is 6.54 Å². The van der Waals surface area contributed by atoms with E-state index >= 15 is 0 Å². The van der Waals surface area contributed by atoms with Gasteiger partial charge in [0.15, 0.2) is 0 Å². The molecule has 0 radical (unpaired) electrons. The number of carbonyl (C=O) groups excluding carboxylic acids is 1. The van der Waals surface area contributed by atoms with E-state index in [0.717, 1.165) is 0 Å². The average Bonchev–Trinajstić information content (AvgIpc) is 1.87. The van der Waals surface area contributed by atoms with Crippen molar-refractivity contribution in [3.8, 4) is 0 Å². The van der Waals surface area contributed by atoms with Crippen LogP contribution in [0, 0.1) is 4.91 Å². The van der Waals surface area contributed by atoms with Crippen LogP contribution >= 0.6 is 0 Å². The second kappa shape index (κ2) is 3.82. The molecule has 0 heterocycles. The Morgan fingerprint density at radius 3 is 2.67 bits per heavy atom. The molecule has 0 spiro atoms. The SMILES string of the molecule is CCN(C)C(=O)NN=O. The third-order valence-electron chi connectivity index (χ3n) is 0.962. The summed E-state index contributed by atoms with van der Waals surface area (Å²) in [7, 11) is 1.57. The second-order valence-electron chi connectivity index (χ2n) is 1.52. The van der Waals surface area contributed by atoms with E-state index in [9.17, 15) is 9.70 Å². The molecule has 2 amide bonds. The van der Waals surface area contributed by atoms with E-state index in [4.69, 9.17) is 0 Å². The molecule has 0 unspecified atom stereocenters. The average molecular weight is 131 g/mol. The molecule has 0 aromatic heterocycles. The first-order valence-corrected chi connectivity index (χ1v) is 2.55. The first kappa shape index (κ1) is 7.87. The maximum atomic E-state index is 10.5. The van der Waals surface area contributed by atoms with E-state index in [1.807, 2.05) is 0 Å². The Labute approximate surface area is 53.0 Å². The van der Waals surface area contributed by atoms with Crippen molar-refractivity contribution in [1.82, 2.24) is 10.3 Å². The number of hydrogen-bond acceptors (Lipinski definition) is 3. The number of hydrogen-bond donors (Lipinski definition) is 1. The topological polar surface area (TPSA) is 61.8 Å². The van der Waals surface area contributed by atoms with Gasteiger partial charge in [0.1, 0.15) is 0 Å². The van der Waals surface area contributed by atoms with Crippen LogP contribution in [0.5, 0.6) is 0 Å². The van der Waals surface area contributed by atoms with Crippen molar-refractivity contribution in [3.05, 3.63) is 4.91 Å². The summed E-state index contributed by atoms with van der Waals surface area (Å²) in [5.41, 5.74) is 1.75. The molecule has 0 aliphatic rings. The molecule has 0 aliphatic heterocycles. The summed E-state index contributed by atoms with van der Waals surface area (Å²) in [4.78, 5) is 21.3. The molecule has 9 heavy (non-hydrogen) atoms. The predicted molar refractivity (Wildman–Crippen MR) is 32.6 cm³/mol. The fourth-order valence-corrected chi connectivity index (χ4v) is 0.268. The molecule has 1 N–H and O–H groups in total. The van der Waals surface area contributed by atoms with Crippen LogP contribution in [0.1, 0.15) is 6.92 Å². The summed E-state index contributed by atoms with van der Waals surface area (Å²) in [5, 5.41) is 2.21. The first-order valence-electron chi connectivity index (χ1n) is 2.55. The zero-order valence-electron chi connectivity index (χ0n) is 5.42. The fourth-order valence-electron chi connectivity index (χ4n) is 0.268. The van der Waals surface area contributed by atoms with Crippen LogP contribution in [0.25, 0.3) is 0 Å². The molecule has 0 saturated heterocycles. The molecule has 5 nitrogen and oxygen atoms in total. The largest absolute Gasteiger partial charge is 0.340 e. The summed E-state index contributed by atoms with van der Waals surface area (Å²) in [5.74, 6) is 0. The van der Waals surface area contributed by atoms with E-state index in [2.05, 4.69) is 5.29 Å². The zero-order valence-corrected chi connectivity index (χ0v) is 5.42. The van der Waals surface area contributed by atoms with E-state index in [1.54, 1.807) is 19.4 Å². The van der Waals surface area contributed by atoms with Crippen LogP contribution in [0.4, 0.5) is 4.79 Å². The minimum Gasteiger partial charge on any atom is -0.327 e. The van der Waals surface area contributed by atoms with Crippen LogP contribution in [-0.2, 0) is 0 Å². The van der Waals surface area contributed by atoms with Gasteiger partial charge >= 0.3 is 6.03 Å². The Hall–Kier alpha value is -1.13. The fraction of sp³-hybridized carbons (Fsp3) is 0.750. The maximum Gasteiger partial charge on any atom is 0.340 e. The monoisotopic (exact) mass is 131 g/mol. The lowest BCUT2D eigenvalue weighted by atomic mass is 10.6. The van der Waals surface area contributed by atoms with Crippen molar-refractivity contribution >= 4 is 6.03 Å². The lowest BCUT2D eigenvalue weighted by molar-refractivity contribution is 0.211. The van der Waals surface area contributed by atoms with Crippen molar-refractivity contribution in [2.75, 3.05) is 13.6 Å². The van der Waals surface area contributed by atoms with Gasteiger partial charge in [0.05, 0.1) is 5.29 Å². The van der Waals surface area contributed by atoms with Gasteiger partial charge in [-0.05, 0) is 6.92 Å². The van der Waals surface area contributed by atoms with E-state index < -0.39 is 6.03 Å². The number of carbonyl (C=O) groups is 1. The van der Waals surface area contributed by atoms with Gasteiger partial charge in [-0.25, -0.2) is 4.79 Å². The molecule has 0 saturated carbocycles. The van der Waals surface area contributed by atoms with E-state index in [-0.39, 0.29) is 0 Å². The van der Waals surface area contributed by atoms with Crippen molar-refractivity contribution in [2.24, 2.45) is 5.29 Å². The highest BCUT2D eigenvalue weighted by Gasteiger charge is 2.02. The van der Waals surface area contributed by atoms with Gasteiger partial charge in [0.25, 0.3) is 0 Å². The molecule has 0 fully saturated rings. The molecule has 0 aromatic rings. The summed E-state index contributed by atoms with van der Waals surface area (Å²) in [6.45, 7) is 2.35. The summed E-state index contributed by atoms with van der Waals surface area (Å²) < 4.78 is 0. The van der Waals surface area contributed by atoms with Gasteiger partial charge in [-0.15, -0.1) is 4.91 Å². The summed E-state index contributed by atoms with van der Waals surface area (Å²) >= 11 is 0. The van der Waals surface area contributed by atoms with Gasteiger partial charge < -0.3 is 4.90 Å². The van der Waals surface area contributed by atoms with Crippen LogP contribution in [-0.4, -0.2) is 24.5 Å². The van der Waals surface area contributed by atoms with Crippen molar-refractivity contribution in [2.45, 2.75) is 6.92 Å². The molecular formula is C4H9N3O2. The smallest absolute Gasteiger partial charge is 0.327 e. The Morgan fingerprint density at radius 2 is 2.33 bits per heavy atom. The zero-order chi connectivity index (χ0) is 7.28. The number of urea groups is 1. The van der Waals surface area contributed by atoms with Crippen molar-refractivity contribution in [3.63, 3.8) is 0 Å². The number of amides is 2. The quantitative estimate of drug-likeness (QED) is 0.433. The normalized spacial score (nSPS) is 8.22. The van der Waals surface area contributed by atoms with Gasteiger partial charge in [-0.2, -0.15) is 5.43 Å². The standard InChI is InChI=1S/C4H9N3O2/c1-3-7(2)4(8)5-6-9/h3H2,1-2H3,(H,5,8,9). The molecule has 52 valence electrons. The van der Waals surface area contributed by atoms with Gasteiger partial charge in [0, 0.05) is 13.6 Å². The predicted octanol–water partition coefficient (Wildman–Crippen LogP) is 0.329. The van der Waals surface area contributed by atoms with Crippen LogP contribution in [0.15, 0.2) is 5.29 Å². The maximum absolute atomic E-state index is 10.5. The third-order valence-corrected chi connectivity index (χ3v) is 0.962. The summed E-state index contributed by atoms with van der Waals surface area (Å²) in [6, 6.07) is -0.479. The lowest BCUT2D eigenvalue weighted by Crippen LogP contribution is -2.33. The molecule has 0 bridgehead atoms. The molecule has 0 aliphatic carbocycles. The highest BCUT2D eigenvalue weighted by Crippen LogP contribution is 1.80. The Bertz CT molecular complexity index is 114. The number of nitroso groups, excluding NO2 is 1. The highest BCUT2D eigenvalue weighted by atomic mass is 16.3. The van der Waals surface area contributed by atoms with Crippen LogP contribution in [0.2, 0.25) is 0 Å². The van der Waals surface area contributed by atoms with Crippen molar-refractivity contribution in [1.29, 1.82) is 0 Å². The minimum atomic E-state index is -0.479. The highest BCUT2D eigenvalue weighted by molar-refractivity contribution is 5.73. The Kier molecular flexibility index (Phi) is 3.34. The minimum absolute atomic E-state index is 0.479. The Balaban J connectivity index is 3.58. The summed E-state index contributed by atoms with van der Waals surface area (Å²) in [6.07, 6.45) is 0. The van der Waals surface area contributed by atoms with Crippen molar-refractivity contribution < 1.29 is 4.79 Å². The molecular weight excluding hydrogens is 122 g/mol. The number of rotatable bonds is 2. The molecule has 0 aromatic carbocycles. The second-order valence-corrected chi connectivity index (χ2v) is 1.52.